The van der Waals surface area contributed by atoms with E-state index in [0.717, 1.165) is 17.7 Å². The van der Waals surface area contributed by atoms with Gasteiger partial charge in [-0.2, -0.15) is 0 Å². The van der Waals surface area contributed by atoms with Crippen molar-refractivity contribution >= 4 is 17.7 Å². The van der Waals surface area contributed by atoms with Crippen LogP contribution in [-0.4, -0.2) is 41.6 Å². The van der Waals surface area contributed by atoms with Crippen molar-refractivity contribution in [3.63, 3.8) is 0 Å². The Morgan fingerprint density at radius 2 is 2.10 bits per heavy atom. The molecule has 5 heteroatoms. The normalized spacial score (nSPS) is 13.4. The van der Waals surface area contributed by atoms with Crippen LogP contribution in [-0.2, 0) is 6.42 Å². The molecule has 0 aromatic heterocycles. The van der Waals surface area contributed by atoms with Gasteiger partial charge in [0.1, 0.15) is 0 Å². The molecule has 0 atom stereocenters. The summed E-state index contributed by atoms with van der Waals surface area (Å²) in [5.74, 6) is -0.562. The summed E-state index contributed by atoms with van der Waals surface area (Å²) in [7, 11) is 0. The highest BCUT2D eigenvalue weighted by molar-refractivity contribution is 5.97. The minimum absolute atomic E-state index is 0.0347. The highest BCUT2D eigenvalue weighted by atomic mass is 16.4. The molecule has 0 fully saturated rings. The third kappa shape index (κ3) is 3.17. The SMILES string of the molecule is CCN(CC(C)C)C(=O)N1CCc2ccc(C(=O)O)cc21. The Bertz CT molecular complexity index is 554. The molecule has 0 radical (unpaired) electrons. The van der Waals surface area contributed by atoms with Crippen molar-refractivity contribution in [1.29, 1.82) is 0 Å². The number of rotatable bonds is 4. The van der Waals surface area contributed by atoms with Gasteiger partial charge in [0.25, 0.3) is 0 Å². The molecule has 5 nitrogen and oxygen atoms in total. The summed E-state index contributed by atoms with van der Waals surface area (Å²) in [6, 6.07) is 4.98. The summed E-state index contributed by atoms with van der Waals surface area (Å²) in [5.41, 5.74) is 2.00. The Morgan fingerprint density at radius 1 is 1.38 bits per heavy atom. The van der Waals surface area contributed by atoms with Gasteiger partial charge in [-0.1, -0.05) is 19.9 Å². The first kappa shape index (κ1) is 15.4. The van der Waals surface area contributed by atoms with E-state index in [1.165, 1.54) is 0 Å². The van der Waals surface area contributed by atoms with Crippen molar-refractivity contribution in [3.05, 3.63) is 29.3 Å². The Hall–Kier alpha value is -2.04. The number of anilines is 1. The van der Waals surface area contributed by atoms with Crippen molar-refractivity contribution in [2.75, 3.05) is 24.5 Å². The Balaban J connectivity index is 2.26. The standard InChI is InChI=1S/C16H22N2O3/c1-4-17(10-11(2)3)16(21)18-8-7-12-5-6-13(15(19)20)9-14(12)18/h5-6,9,11H,4,7-8,10H2,1-3H3,(H,19,20). The van der Waals surface area contributed by atoms with Crippen LogP contribution in [0.3, 0.4) is 0 Å². The van der Waals surface area contributed by atoms with Gasteiger partial charge in [-0.25, -0.2) is 9.59 Å². The van der Waals surface area contributed by atoms with Gasteiger partial charge in [0.05, 0.1) is 5.56 Å². The first-order valence-electron chi connectivity index (χ1n) is 7.36. The summed E-state index contributed by atoms with van der Waals surface area (Å²) in [6.07, 6.45) is 0.778. The average Bonchev–Trinajstić information content (AvgIpc) is 2.86. The van der Waals surface area contributed by atoms with E-state index in [0.29, 0.717) is 25.6 Å². The number of carboxylic acids is 1. The molecule has 0 saturated carbocycles. The van der Waals surface area contributed by atoms with Crippen LogP contribution in [0, 0.1) is 5.92 Å². The molecule has 1 aromatic carbocycles. The zero-order chi connectivity index (χ0) is 15.6. The number of carbonyl (C=O) groups excluding carboxylic acids is 1. The van der Waals surface area contributed by atoms with E-state index in [1.807, 2.05) is 17.9 Å². The van der Waals surface area contributed by atoms with Gasteiger partial charge in [-0.05, 0) is 37.0 Å². The summed E-state index contributed by atoms with van der Waals surface area (Å²) >= 11 is 0. The zero-order valence-electron chi connectivity index (χ0n) is 12.8. The Morgan fingerprint density at radius 3 is 2.67 bits per heavy atom. The molecule has 0 unspecified atom stereocenters. The monoisotopic (exact) mass is 290 g/mol. The number of hydrogen-bond acceptors (Lipinski definition) is 2. The fourth-order valence-corrected chi connectivity index (χ4v) is 2.66. The quantitative estimate of drug-likeness (QED) is 0.927. The first-order chi connectivity index (χ1) is 9.93. The third-order valence-electron chi connectivity index (χ3n) is 3.70. The molecule has 0 saturated heterocycles. The summed E-state index contributed by atoms with van der Waals surface area (Å²) in [6.45, 7) is 8.10. The molecule has 1 N–H and O–H groups in total. The molecular weight excluding hydrogens is 268 g/mol. The van der Waals surface area contributed by atoms with Crippen molar-refractivity contribution in [1.82, 2.24) is 4.90 Å². The third-order valence-corrected chi connectivity index (χ3v) is 3.70. The molecule has 21 heavy (non-hydrogen) atoms. The maximum Gasteiger partial charge on any atom is 0.335 e. The van der Waals surface area contributed by atoms with Crippen LogP contribution in [0.25, 0.3) is 0 Å². The topological polar surface area (TPSA) is 60.9 Å². The molecule has 2 rings (SSSR count). The molecule has 114 valence electrons. The number of aromatic carboxylic acids is 1. The maximum atomic E-state index is 12.7. The van der Waals surface area contributed by atoms with E-state index < -0.39 is 5.97 Å². The smallest absolute Gasteiger partial charge is 0.335 e. The summed E-state index contributed by atoms with van der Waals surface area (Å²) in [5, 5.41) is 9.10. The van der Waals surface area contributed by atoms with Crippen molar-refractivity contribution in [3.8, 4) is 0 Å². The minimum Gasteiger partial charge on any atom is -0.478 e. The lowest BCUT2D eigenvalue weighted by Gasteiger charge is -2.28. The zero-order valence-corrected chi connectivity index (χ0v) is 12.8. The number of hydrogen-bond donors (Lipinski definition) is 1. The highest BCUT2D eigenvalue weighted by Gasteiger charge is 2.28. The summed E-state index contributed by atoms with van der Waals surface area (Å²) < 4.78 is 0. The Labute approximate surface area is 125 Å². The molecule has 1 aromatic rings. The van der Waals surface area contributed by atoms with E-state index in [2.05, 4.69) is 13.8 Å². The van der Waals surface area contributed by atoms with Crippen LogP contribution in [0.2, 0.25) is 0 Å². The van der Waals surface area contributed by atoms with Crippen molar-refractivity contribution in [2.24, 2.45) is 5.92 Å². The maximum absolute atomic E-state index is 12.7. The van der Waals surface area contributed by atoms with Crippen LogP contribution in [0.15, 0.2) is 18.2 Å². The number of benzene rings is 1. The molecule has 1 aliphatic rings. The molecule has 2 amide bonds. The van der Waals surface area contributed by atoms with Gasteiger partial charge in [0.15, 0.2) is 0 Å². The molecular formula is C16H22N2O3. The van der Waals surface area contributed by atoms with Gasteiger partial charge in [0.2, 0.25) is 0 Å². The molecule has 1 heterocycles. The molecule has 1 aliphatic heterocycles. The van der Waals surface area contributed by atoms with Gasteiger partial charge >= 0.3 is 12.0 Å². The number of urea groups is 1. The largest absolute Gasteiger partial charge is 0.478 e. The van der Waals surface area contributed by atoms with Gasteiger partial charge < -0.3 is 10.0 Å². The molecule has 0 aliphatic carbocycles. The molecule has 0 bridgehead atoms. The lowest BCUT2D eigenvalue weighted by atomic mass is 10.1. The first-order valence-corrected chi connectivity index (χ1v) is 7.36. The highest BCUT2D eigenvalue weighted by Crippen LogP contribution is 2.30. The predicted molar refractivity (Wildman–Crippen MR) is 81.9 cm³/mol. The minimum atomic E-state index is -0.966. The number of nitrogens with zero attached hydrogens (tertiary/aromatic N) is 2. The van der Waals surface area contributed by atoms with Crippen molar-refractivity contribution < 1.29 is 14.7 Å². The van der Waals surface area contributed by atoms with Gasteiger partial charge in [0, 0.05) is 25.3 Å². The fourth-order valence-electron chi connectivity index (χ4n) is 2.66. The second kappa shape index (κ2) is 6.16. The van der Waals surface area contributed by atoms with E-state index >= 15 is 0 Å². The number of amides is 2. The second-order valence-corrected chi connectivity index (χ2v) is 5.77. The molecule has 0 spiro atoms. The number of fused-ring (bicyclic) bond motifs is 1. The lowest BCUT2D eigenvalue weighted by Crippen LogP contribution is -2.44. The average molecular weight is 290 g/mol. The van der Waals surface area contributed by atoms with Crippen LogP contribution in [0.1, 0.15) is 36.7 Å². The predicted octanol–water partition coefficient (Wildman–Crippen LogP) is 2.85. The second-order valence-electron chi connectivity index (χ2n) is 5.77. The van der Waals surface area contributed by atoms with E-state index in [1.54, 1.807) is 17.0 Å². The number of carbonyl (C=O) groups is 2. The van der Waals surface area contributed by atoms with Gasteiger partial charge in [-0.3, -0.25) is 4.90 Å². The van der Waals surface area contributed by atoms with E-state index in [-0.39, 0.29) is 11.6 Å². The van der Waals surface area contributed by atoms with Crippen molar-refractivity contribution in [2.45, 2.75) is 27.2 Å². The van der Waals surface area contributed by atoms with Crippen LogP contribution >= 0.6 is 0 Å². The van der Waals surface area contributed by atoms with Crippen LogP contribution < -0.4 is 4.90 Å². The van der Waals surface area contributed by atoms with Crippen LogP contribution in [0.4, 0.5) is 10.5 Å². The van der Waals surface area contributed by atoms with E-state index in [9.17, 15) is 9.59 Å². The lowest BCUT2D eigenvalue weighted by molar-refractivity contribution is 0.0697. The summed E-state index contributed by atoms with van der Waals surface area (Å²) in [4.78, 5) is 27.3. The van der Waals surface area contributed by atoms with E-state index in [4.69, 9.17) is 5.11 Å². The van der Waals surface area contributed by atoms with Gasteiger partial charge in [-0.15, -0.1) is 0 Å². The van der Waals surface area contributed by atoms with Crippen LogP contribution in [0.5, 0.6) is 0 Å². The Kier molecular flexibility index (Phi) is 4.50. The number of carboxylic acid groups (broad SMARTS) is 1. The fraction of sp³-hybridized carbons (Fsp3) is 0.500.